The van der Waals surface area contributed by atoms with Crippen molar-refractivity contribution >= 4 is 17.3 Å². The minimum atomic E-state index is 0.150. The third-order valence-corrected chi connectivity index (χ3v) is 2.09. The number of hydrogen-bond donors (Lipinski definition) is 2. The van der Waals surface area contributed by atoms with Crippen molar-refractivity contribution in [1.29, 1.82) is 0 Å². The zero-order valence-electron chi connectivity index (χ0n) is 10.2. The Balaban J connectivity index is 2.84. The van der Waals surface area contributed by atoms with Crippen LogP contribution in [0.5, 0.6) is 0 Å². The number of rotatable bonds is 5. The highest BCUT2D eigenvalue weighted by molar-refractivity contribution is 5.74. The number of aromatic nitrogens is 2. The van der Waals surface area contributed by atoms with E-state index in [-0.39, 0.29) is 6.04 Å². The molecule has 0 aromatic carbocycles. The molecule has 0 amide bonds. The molecule has 1 aromatic rings. The first-order valence-corrected chi connectivity index (χ1v) is 5.09. The fraction of sp³-hybridized carbons (Fsp3) is 0.600. The van der Waals surface area contributed by atoms with Gasteiger partial charge in [0.05, 0.1) is 6.61 Å². The first kappa shape index (κ1) is 12.5. The van der Waals surface area contributed by atoms with Crippen LogP contribution in [-0.4, -0.2) is 43.8 Å². The lowest BCUT2D eigenvalue weighted by Gasteiger charge is -2.18. The molecule has 0 aliphatic rings. The van der Waals surface area contributed by atoms with Crippen LogP contribution in [0.25, 0.3) is 0 Å². The Bertz CT molecular complexity index is 342. The summed E-state index contributed by atoms with van der Waals surface area (Å²) in [6, 6.07) is 0.150. The van der Waals surface area contributed by atoms with Gasteiger partial charge in [-0.1, -0.05) is 0 Å². The monoisotopic (exact) mass is 225 g/mol. The number of anilines is 3. The summed E-state index contributed by atoms with van der Waals surface area (Å²) in [5.41, 5.74) is 6.51. The summed E-state index contributed by atoms with van der Waals surface area (Å²) in [5, 5.41) is 3.18. The standard InChI is InChI=1S/C10H19N5O/c1-7(5-16-4)14-9-8(11)10(15(2)3)13-6-12-9/h6-7H,5,11H2,1-4H3,(H,12,13,14). The van der Waals surface area contributed by atoms with Crippen molar-refractivity contribution in [2.24, 2.45) is 0 Å². The van der Waals surface area contributed by atoms with Crippen molar-refractivity contribution in [2.75, 3.05) is 43.8 Å². The van der Waals surface area contributed by atoms with Crippen LogP contribution in [0.15, 0.2) is 6.33 Å². The van der Waals surface area contributed by atoms with Gasteiger partial charge in [0.15, 0.2) is 11.6 Å². The molecule has 0 saturated heterocycles. The summed E-state index contributed by atoms with van der Waals surface area (Å²) in [6.45, 7) is 2.60. The third-order valence-electron chi connectivity index (χ3n) is 2.09. The number of hydrogen-bond acceptors (Lipinski definition) is 6. The quantitative estimate of drug-likeness (QED) is 0.763. The highest BCUT2D eigenvalue weighted by atomic mass is 16.5. The number of ether oxygens (including phenoxy) is 1. The average molecular weight is 225 g/mol. The minimum absolute atomic E-state index is 0.150. The van der Waals surface area contributed by atoms with Gasteiger partial charge in [-0.3, -0.25) is 0 Å². The van der Waals surface area contributed by atoms with E-state index in [1.165, 1.54) is 6.33 Å². The highest BCUT2D eigenvalue weighted by Gasteiger charge is 2.11. The molecule has 1 rings (SSSR count). The molecule has 0 fully saturated rings. The van der Waals surface area contributed by atoms with Crippen molar-refractivity contribution in [3.63, 3.8) is 0 Å². The molecule has 0 aliphatic carbocycles. The van der Waals surface area contributed by atoms with E-state index in [9.17, 15) is 0 Å². The molecule has 6 heteroatoms. The molecule has 1 atom stereocenters. The Morgan fingerprint density at radius 3 is 2.75 bits per heavy atom. The second-order valence-electron chi connectivity index (χ2n) is 3.85. The minimum Gasteiger partial charge on any atom is -0.393 e. The number of methoxy groups -OCH3 is 1. The SMILES string of the molecule is COCC(C)Nc1ncnc(N(C)C)c1N. The van der Waals surface area contributed by atoms with Gasteiger partial charge in [-0.25, -0.2) is 9.97 Å². The molecule has 1 unspecified atom stereocenters. The van der Waals surface area contributed by atoms with E-state index in [0.29, 0.717) is 23.9 Å². The van der Waals surface area contributed by atoms with Gasteiger partial charge >= 0.3 is 0 Å². The Hall–Kier alpha value is -1.56. The molecule has 6 nitrogen and oxygen atoms in total. The predicted molar refractivity (Wildman–Crippen MR) is 65.7 cm³/mol. The Morgan fingerprint density at radius 1 is 1.50 bits per heavy atom. The first-order valence-electron chi connectivity index (χ1n) is 5.09. The highest BCUT2D eigenvalue weighted by Crippen LogP contribution is 2.24. The van der Waals surface area contributed by atoms with Gasteiger partial charge in [0.1, 0.15) is 12.0 Å². The largest absolute Gasteiger partial charge is 0.393 e. The lowest BCUT2D eigenvalue weighted by molar-refractivity contribution is 0.190. The van der Waals surface area contributed by atoms with Crippen LogP contribution < -0.4 is 16.0 Å². The summed E-state index contributed by atoms with van der Waals surface area (Å²) < 4.78 is 5.04. The zero-order chi connectivity index (χ0) is 12.1. The zero-order valence-corrected chi connectivity index (χ0v) is 10.2. The fourth-order valence-electron chi connectivity index (χ4n) is 1.38. The van der Waals surface area contributed by atoms with E-state index in [2.05, 4.69) is 15.3 Å². The molecule has 1 aromatic heterocycles. The summed E-state index contributed by atoms with van der Waals surface area (Å²) in [7, 11) is 5.44. The summed E-state index contributed by atoms with van der Waals surface area (Å²) >= 11 is 0. The topological polar surface area (TPSA) is 76.3 Å². The molecule has 0 saturated carbocycles. The Labute approximate surface area is 95.8 Å². The second-order valence-corrected chi connectivity index (χ2v) is 3.85. The normalized spacial score (nSPS) is 12.2. The maximum Gasteiger partial charge on any atom is 0.156 e. The number of nitrogens with two attached hydrogens (primary N) is 1. The van der Waals surface area contributed by atoms with Gasteiger partial charge in [-0.2, -0.15) is 0 Å². The van der Waals surface area contributed by atoms with E-state index in [1.54, 1.807) is 7.11 Å². The van der Waals surface area contributed by atoms with Crippen molar-refractivity contribution in [2.45, 2.75) is 13.0 Å². The van der Waals surface area contributed by atoms with E-state index >= 15 is 0 Å². The van der Waals surface area contributed by atoms with Crippen LogP contribution in [-0.2, 0) is 4.74 Å². The second kappa shape index (κ2) is 5.50. The van der Waals surface area contributed by atoms with Crippen LogP contribution >= 0.6 is 0 Å². The lowest BCUT2D eigenvalue weighted by atomic mass is 10.3. The summed E-state index contributed by atoms with van der Waals surface area (Å²) in [4.78, 5) is 10.1. The third kappa shape index (κ3) is 2.96. The predicted octanol–water partition coefficient (Wildman–Crippen LogP) is 0.572. The van der Waals surface area contributed by atoms with E-state index < -0.39 is 0 Å². The molecule has 1 heterocycles. The molecular weight excluding hydrogens is 206 g/mol. The van der Waals surface area contributed by atoms with Gasteiger partial charge in [0.25, 0.3) is 0 Å². The van der Waals surface area contributed by atoms with Gasteiger partial charge in [-0.05, 0) is 6.92 Å². The van der Waals surface area contributed by atoms with Gasteiger partial charge in [-0.15, -0.1) is 0 Å². The Morgan fingerprint density at radius 2 is 2.19 bits per heavy atom. The molecule has 16 heavy (non-hydrogen) atoms. The maximum atomic E-state index is 5.96. The van der Waals surface area contributed by atoms with Crippen molar-refractivity contribution in [3.8, 4) is 0 Å². The van der Waals surface area contributed by atoms with Crippen LogP contribution in [0.1, 0.15) is 6.92 Å². The molecular formula is C10H19N5O. The first-order chi connectivity index (χ1) is 7.56. The number of nitrogen functional groups attached to an aromatic ring is 1. The van der Waals surface area contributed by atoms with Crippen molar-refractivity contribution in [3.05, 3.63) is 6.33 Å². The maximum absolute atomic E-state index is 5.96. The van der Waals surface area contributed by atoms with Gasteiger partial charge < -0.3 is 20.7 Å². The van der Waals surface area contributed by atoms with Crippen LogP contribution in [0.2, 0.25) is 0 Å². The lowest BCUT2D eigenvalue weighted by Crippen LogP contribution is -2.23. The molecule has 0 bridgehead atoms. The molecule has 3 N–H and O–H groups in total. The molecule has 0 spiro atoms. The number of nitrogens with one attached hydrogen (secondary N) is 1. The number of nitrogens with zero attached hydrogens (tertiary/aromatic N) is 3. The summed E-state index contributed by atoms with van der Waals surface area (Å²) in [6.07, 6.45) is 1.49. The van der Waals surface area contributed by atoms with Crippen LogP contribution in [0, 0.1) is 0 Å². The van der Waals surface area contributed by atoms with E-state index in [1.807, 2.05) is 25.9 Å². The Kier molecular flexibility index (Phi) is 4.30. The van der Waals surface area contributed by atoms with Gasteiger partial charge in [0.2, 0.25) is 0 Å². The van der Waals surface area contributed by atoms with Gasteiger partial charge in [0, 0.05) is 27.2 Å². The fourth-order valence-corrected chi connectivity index (χ4v) is 1.38. The van der Waals surface area contributed by atoms with Crippen molar-refractivity contribution in [1.82, 2.24) is 9.97 Å². The summed E-state index contributed by atoms with van der Waals surface area (Å²) in [5.74, 6) is 1.35. The van der Waals surface area contributed by atoms with Crippen molar-refractivity contribution < 1.29 is 4.74 Å². The van der Waals surface area contributed by atoms with Crippen LogP contribution in [0.4, 0.5) is 17.3 Å². The smallest absolute Gasteiger partial charge is 0.156 e. The molecule has 0 aliphatic heterocycles. The average Bonchev–Trinajstić information content (AvgIpc) is 2.21. The van der Waals surface area contributed by atoms with E-state index in [0.717, 1.165) is 0 Å². The molecule has 90 valence electrons. The van der Waals surface area contributed by atoms with E-state index in [4.69, 9.17) is 10.5 Å². The molecule has 0 radical (unpaired) electrons. The van der Waals surface area contributed by atoms with Crippen LogP contribution in [0.3, 0.4) is 0 Å².